The number of rotatable bonds is 4. The molecule has 1 aromatic carbocycles. The Morgan fingerprint density at radius 2 is 2.20 bits per heavy atom. The Labute approximate surface area is 172 Å². The second kappa shape index (κ2) is 7.22. The molecule has 3 aromatic rings. The first-order valence-electron chi connectivity index (χ1n) is 9.83. The number of hydrogen-bond acceptors (Lipinski definition) is 7. The summed E-state index contributed by atoms with van der Waals surface area (Å²) in [6.07, 6.45) is 5.73. The van der Waals surface area contributed by atoms with Gasteiger partial charge in [0.15, 0.2) is 6.33 Å². The number of nitrogens with zero attached hydrogens (tertiary/aromatic N) is 7. The molecule has 1 saturated carbocycles. The lowest BCUT2D eigenvalue weighted by atomic mass is 9.93. The molecule has 2 atom stereocenters. The van der Waals surface area contributed by atoms with Crippen molar-refractivity contribution in [3.63, 3.8) is 0 Å². The molecule has 2 unspecified atom stereocenters. The number of carbonyl (C=O) groups is 1. The van der Waals surface area contributed by atoms with Crippen LogP contribution in [0, 0.1) is 16.7 Å². The van der Waals surface area contributed by atoms with E-state index >= 15 is 0 Å². The molecule has 1 spiro atoms. The maximum absolute atomic E-state index is 13.3. The molecule has 1 saturated heterocycles. The number of likely N-dealkylation sites (tertiary alicyclic amines) is 1. The van der Waals surface area contributed by atoms with Crippen LogP contribution in [0.4, 0.5) is 0 Å². The zero-order valence-electron chi connectivity index (χ0n) is 16.2. The van der Waals surface area contributed by atoms with E-state index in [9.17, 15) is 4.79 Å². The van der Waals surface area contributed by atoms with Gasteiger partial charge in [-0.05, 0) is 42.7 Å². The van der Waals surface area contributed by atoms with E-state index in [1.54, 1.807) is 24.4 Å². The molecular weight excluding hydrogens is 382 g/mol. The number of ether oxygens (including phenoxy) is 1. The van der Waals surface area contributed by atoms with E-state index in [0.29, 0.717) is 35.8 Å². The summed E-state index contributed by atoms with van der Waals surface area (Å²) in [5, 5.41) is 20.8. The van der Waals surface area contributed by atoms with Crippen molar-refractivity contribution in [3.05, 3.63) is 60.0 Å². The molecule has 1 aliphatic heterocycles. The lowest BCUT2D eigenvalue weighted by Crippen LogP contribution is -2.42. The SMILES string of the molecule is N#Cc1ccnc(OC2CC23CCCN(C(=O)c2ccccc2-n2ncnn2)C3)c1. The Kier molecular flexibility index (Phi) is 4.39. The quantitative estimate of drug-likeness (QED) is 0.657. The molecular formula is C21H19N7O2. The first-order valence-corrected chi connectivity index (χ1v) is 9.83. The largest absolute Gasteiger partial charge is 0.474 e. The number of piperidine rings is 1. The predicted molar refractivity (Wildman–Crippen MR) is 105 cm³/mol. The maximum Gasteiger partial charge on any atom is 0.256 e. The number of nitriles is 1. The summed E-state index contributed by atoms with van der Waals surface area (Å²) in [5.41, 5.74) is 1.63. The summed E-state index contributed by atoms with van der Waals surface area (Å²) in [4.78, 5) is 20.8. The fraction of sp³-hybridized carbons (Fsp3) is 0.333. The lowest BCUT2D eigenvalue weighted by molar-refractivity contribution is 0.0611. The average molecular weight is 401 g/mol. The molecule has 0 N–H and O–H groups in total. The number of amides is 1. The van der Waals surface area contributed by atoms with E-state index in [2.05, 4.69) is 26.5 Å². The number of pyridine rings is 1. The number of para-hydroxylation sites is 1. The molecule has 0 radical (unpaired) electrons. The van der Waals surface area contributed by atoms with Crippen LogP contribution in [0.3, 0.4) is 0 Å². The van der Waals surface area contributed by atoms with Gasteiger partial charge in [-0.2, -0.15) is 5.26 Å². The Balaban J connectivity index is 1.32. The van der Waals surface area contributed by atoms with Crippen molar-refractivity contribution in [1.82, 2.24) is 30.1 Å². The van der Waals surface area contributed by atoms with Gasteiger partial charge in [-0.25, -0.2) is 4.98 Å². The van der Waals surface area contributed by atoms with Crippen LogP contribution in [0.5, 0.6) is 5.88 Å². The Hall–Kier alpha value is -3.80. The predicted octanol–water partition coefficient (Wildman–Crippen LogP) is 2.00. The molecule has 1 aliphatic carbocycles. The molecule has 2 aliphatic rings. The van der Waals surface area contributed by atoms with Gasteiger partial charge in [0.1, 0.15) is 11.8 Å². The number of tetrazole rings is 1. The fourth-order valence-corrected chi connectivity index (χ4v) is 4.21. The summed E-state index contributed by atoms with van der Waals surface area (Å²) in [5.74, 6) is 0.416. The Morgan fingerprint density at radius 3 is 3.03 bits per heavy atom. The van der Waals surface area contributed by atoms with Crippen molar-refractivity contribution < 1.29 is 9.53 Å². The molecule has 3 heterocycles. The van der Waals surface area contributed by atoms with Gasteiger partial charge in [-0.15, -0.1) is 15.0 Å². The van der Waals surface area contributed by atoms with Gasteiger partial charge in [-0.1, -0.05) is 12.1 Å². The van der Waals surface area contributed by atoms with E-state index in [-0.39, 0.29) is 17.4 Å². The van der Waals surface area contributed by atoms with Crippen LogP contribution < -0.4 is 4.74 Å². The topological polar surface area (TPSA) is 110 Å². The molecule has 9 nitrogen and oxygen atoms in total. The molecule has 9 heteroatoms. The lowest BCUT2D eigenvalue weighted by Gasteiger charge is -2.33. The van der Waals surface area contributed by atoms with Gasteiger partial charge in [0.2, 0.25) is 5.88 Å². The van der Waals surface area contributed by atoms with Crippen LogP contribution in [0.15, 0.2) is 48.9 Å². The standard InChI is InChI=1S/C21H19N7O2/c22-12-15-6-8-23-19(10-15)30-18-11-21(18)7-3-9-27(13-21)20(29)16-4-1-2-5-17(16)28-25-14-24-26-28/h1-2,4-6,8,10,14,18H,3,7,9,11,13H2. The maximum atomic E-state index is 13.3. The summed E-state index contributed by atoms with van der Waals surface area (Å²) in [6.45, 7) is 1.34. The Morgan fingerprint density at radius 1 is 1.30 bits per heavy atom. The number of hydrogen-bond donors (Lipinski definition) is 0. The molecule has 0 bridgehead atoms. The van der Waals surface area contributed by atoms with Crippen LogP contribution in [-0.4, -0.2) is 55.2 Å². The first-order chi connectivity index (χ1) is 14.7. The van der Waals surface area contributed by atoms with E-state index in [1.807, 2.05) is 23.1 Å². The van der Waals surface area contributed by atoms with Crippen LogP contribution >= 0.6 is 0 Å². The minimum absolute atomic E-state index is 0.00164. The van der Waals surface area contributed by atoms with Crippen molar-refractivity contribution in [3.8, 4) is 17.6 Å². The summed E-state index contributed by atoms with van der Waals surface area (Å²) >= 11 is 0. The molecule has 1 amide bonds. The van der Waals surface area contributed by atoms with E-state index in [4.69, 9.17) is 10.00 Å². The van der Waals surface area contributed by atoms with E-state index < -0.39 is 0 Å². The molecule has 30 heavy (non-hydrogen) atoms. The van der Waals surface area contributed by atoms with E-state index in [1.165, 1.54) is 11.1 Å². The van der Waals surface area contributed by atoms with Gasteiger partial charge >= 0.3 is 0 Å². The van der Waals surface area contributed by atoms with Crippen LogP contribution in [-0.2, 0) is 0 Å². The van der Waals surface area contributed by atoms with Crippen LogP contribution in [0.25, 0.3) is 5.69 Å². The van der Waals surface area contributed by atoms with Gasteiger partial charge in [-0.3, -0.25) is 4.79 Å². The second-order valence-corrected chi connectivity index (χ2v) is 7.74. The summed E-state index contributed by atoms with van der Waals surface area (Å²) in [6, 6.07) is 12.7. The first kappa shape index (κ1) is 18.2. The third kappa shape index (κ3) is 3.26. The normalized spacial score (nSPS) is 22.5. The van der Waals surface area contributed by atoms with Gasteiger partial charge in [0.25, 0.3) is 5.91 Å². The minimum atomic E-state index is -0.0569. The average Bonchev–Trinajstić information content (AvgIpc) is 3.18. The fourth-order valence-electron chi connectivity index (χ4n) is 4.21. The summed E-state index contributed by atoms with van der Waals surface area (Å²) < 4.78 is 6.04. The highest BCUT2D eigenvalue weighted by atomic mass is 16.5. The van der Waals surface area contributed by atoms with Crippen LogP contribution in [0.1, 0.15) is 35.2 Å². The molecule has 2 aromatic heterocycles. The van der Waals surface area contributed by atoms with Crippen molar-refractivity contribution in [1.29, 1.82) is 5.26 Å². The smallest absolute Gasteiger partial charge is 0.256 e. The molecule has 150 valence electrons. The molecule has 5 rings (SSSR count). The van der Waals surface area contributed by atoms with Crippen molar-refractivity contribution in [2.75, 3.05) is 13.1 Å². The minimum Gasteiger partial charge on any atom is -0.474 e. The summed E-state index contributed by atoms with van der Waals surface area (Å²) in [7, 11) is 0. The zero-order valence-corrected chi connectivity index (χ0v) is 16.2. The zero-order chi connectivity index (χ0) is 20.6. The monoisotopic (exact) mass is 401 g/mol. The van der Waals surface area contributed by atoms with Crippen molar-refractivity contribution in [2.45, 2.75) is 25.4 Å². The van der Waals surface area contributed by atoms with Crippen LogP contribution in [0.2, 0.25) is 0 Å². The molecule has 2 fully saturated rings. The van der Waals surface area contributed by atoms with Crippen molar-refractivity contribution in [2.24, 2.45) is 5.41 Å². The number of aromatic nitrogens is 5. The number of carbonyl (C=O) groups excluding carboxylic acids is 1. The second-order valence-electron chi connectivity index (χ2n) is 7.74. The third-order valence-corrected chi connectivity index (χ3v) is 5.84. The van der Waals surface area contributed by atoms with Gasteiger partial charge < -0.3 is 9.64 Å². The van der Waals surface area contributed by atoms with Gasteiger partial charge in [0, 0.05) is 30.8 Å². The van der Waals surface area contributed by atoms with Gasteiger partial charge in [0.05, 0.1) is 17.2 Å². The Bertz CT molecular complexity index is 1120. The van der Waals surface area contributed by atoms with Crippen molar-refractivity contribution >= 4 is 5.91 Å². The third-order valence-electron chi connectivity index (χ3n) is 5.84. The number of benzene rings is 1. The highest BCUT2D eigenvalue weighted by Crippen LogP contribution is 2.54. The van der Waals surface area contributed by atoms with E-state index in [0.717, 1.165) is 19.3 Å². The highest BCUT2D eigenvalue weighted by Gasteiger charge is 2.58. The highest BCUT2D eigenvalue weighted by molar-refractivity contribution is 5.97.